The topological polar surface area (TPSA) is 167 Å². The van der Waals surface area contributed by atoms with Gasteiger partial charge in [0.05, 0.1) is 17.7 Å². The molecule has 12 nitrogen and oxygen atoms in total. The van der Waals surface area contributed by atoms with Crippen LogP contribution in [0, 0.1) is 5.92 Å². The van der Waals surface area contributed by atoms with Gasteiger partial charge < -0.3 is 40.6 Å². The summed E-state index contributed by atoms with van der Waals surface area (Å²) in [5.74, 6) is 0.820. The highest BCUT2D eigenvalue weighted by Gasteiger charge is 2.39. The first-order valence-electron chi connectivity index (χ1n) is 18.4. The molecule has 3 fully saturated rings. The van der Waals surface area contributed by atoms with Crippen LogP contribution >= 0.6 is 0 Å². The Hall–Kier alpha value is -5.69. The fourth-order valence-corrected chi connectivity index (χ4v) is 7.64. The number of nitrogens with one attached hydrogen (secondary N) is 3. The highest BCUT2D eigenvalue weighted by Crippen LogP contribution is 2.33. The minimum absolute atomic E-state index is 0.0334. The molecular weight excluding hydrogens is 686 g/mol. The summed E-state index contributed by atoms with van der Waals surface area (Å²) in [4.78, 5) is 43.5. The predicted octanol–water partition coefficient (Wildman–Crippen LogP) is 5.11. The number of ether oxygens (including phenoxy) is 1. The standard InChI is InChI=1S/C42H45N5O7/c48-37-13-11-34(35-12-14-39(50)45-40(35)37)38(49)23-43-17-18-44-41(51)32-6-2-4-28(22-32)26-54-33-9-7-29(8-10-33)31-5-1-3-27(21-31)24-47(42(52)53)36-25-46-19-15-30(36)16-20-46/h1-14,21-22,30,36,38,43,48-49H,15-20,23-26H2,(H,44,51)(H,45,50)(H,52,53)/t36-,38-/m0/s1. The summed E-state index contributed by atoms with van der Waals surface area (Å²) in [7, 11) is 0. The molecule has 5 aromatic rings. The number of aliphatic hydroxyl groups is 1. The number of carbonyl (C=O) groups is 2. The molecule has 54 heavy (non-hydrogen) atoms. The number of carboxylic acid groups (broad SMARTS) is 1. The lowest BCUT2D eigenvalue weighted by Crippen LogP contribution is -2.58. The molecule has 3 saturated heterocycles. The van der Waals surface area contributed by atoms with Crippen molar-refractivity contribution in [2.75, 3.05) is 39.3 Å². The summed E-state index contributed by atoms with van der Waals surface area (Å²) in [6.45, 7) is 4.55. The maximum Gasteiger partial charge on any atom is 0.407 e. The number of aromatic hydroxyl groups is 1. The van der Waals surface area contributed by atoms with E-state index in [0.29, 0.717) is 47.8 Å². The van der Waals surface area contributed by atoms with Crippen LogP contribution in [0.4, 0.5) is 4.79 Å². The molecule has 0 radical (unpaired) electrons. The SMILES string of the molecule is O=C(NCCNC[C@H](O)c1ccc(O)c2[nH]c(=O)ccc12)c1cccc(COc2ccc(-c3cccc(CN(C(=O)O)[C@H]4CN5CCC4CC5)c3)cc2)c1. The van der Waals surface area contributed by atoms with Crippen LogP contribution in [0.15, 0.2) is 102 Å². The molecule has 0 unspecified atom stereocenters. The zero-order chi connectivity index (χ0) is 37.6. The Kier molecular flexibility index (Phi) is 11.2. The number of phenolic OH excluding ortho intramolecular Hbond substituents is 1. The molecule has 0 aliphatic carbocycles. The number of hydrogen-bond acceptors (Lipinski definition) is 8. The molecule has 12 heteroatoms. The van der Waals surface area contributed by atoms with Gasteiger partial charge in [0.25, 0.3) is 5.91 Å². The zero-order valence-corrected chi connectivity index (χ0v) is 29.9. The third-order valence-electron chi connectivity index (χ3n) is 10.5. The van der Waals surface area contributed by atoms with Crippen LogP contribution in [0.3, 0.4) is 0 Å². The van der Waals surface area contributed by atoms with Gasteiger partial charge in [-0.2, -0.15) is 0 Å². The number of hydrogen-bond donors (Lipinski definition) is 6. The first-order chi connectivity index (χ1) is 26.2. The van der Waals surface area contributed by atoms with Crippen molar-refractivity contribution in [2.45, 2.75) is 38.1 Å². The second kappa shape index (κ2) is 16.5. The smallest absolute Gasteiger partial charge is 0.407 e. The maximum atomic E-state index is 12.9. The molecule has 6 N–H and O–H groups in total. The molecule has 8 rings (SSSR count). The number of benzene rings is 4. The van der Waals surface area contributed by atoms with E-state index >= 15 is 0 Å². The molecule has 280 valence electrons. The number of fused-ring (bicyclic) bond motifs is 4. The van der Waals surface area contributed by atoms with E-state index in [1.165, 1.54) is 12.1 Å². The Balaban J connectivity index is 0.875. The summed E-state index contributed by atoms with van der Waals surface area (Å²) in [5.41, 5.74) is 4.82. The number of aromatic amines is 1. The fraction of sp³-hybridized carbons (Fsp3) is 0.310. The zero-order valence-electron chi connectivity index (χ0n) is 29.9. The summed E-state index contributed by atoms with van der Waals surface area (Å²) in [6.07, 6.45) is 0.365. The van der Waals surface area contributed by atoms with E-state index in [2.05, 4.69) is 26.6 Å². The molecule has 2 atom stereocenters. The monoisotopic (exact) mass is 731 g/mol. The second-order valence-corrected chi connectivity index (χ2v) is 14.1. The van der Waals surface area contributed by atoms with Crippen molar-refractivity contribution in [1.82, 2.24) is 25.4 Å². The van der Waals surface area contributed by atoms with Crippen LogP contribution in [-0.4, -0.2) is 87.4 Å². The lowest BCUT2D eigenvalue weighted by Gasteiger charge is -2.48. The van der Waals surface area contributed by atoms with Gasteiger partial charge in [0.2, 0.25) is 5.56 Å². The highest BCUT2D eigenvalue weighted by atomic mass is 16.5. The minimum Gasteiger partial charge on any atom is -0.506 e. The van der Waals surface area contributed by atoms with Crippen LogP contribution in [0.2, 0.25) is 0 Å². The van der Waals surface area contributed by atoms with E-state index in [1.807, 2.05) is 54.6 Å². The number of phenols is 1. The molecular formula is C42H45N5O7. The fourth-order valence-electron chi connectivity index (χ4n) is 7.64. The number of carbonyl (C=O) groups excluding carboxylic acids is 1. The van der Waals surface area contributed by atoms with Gasteiger partial charge in [0, 0.05) is 49.7 Å². The first-order valence-corrected chi connectivity index (χ1v) is 18.4. The van der Waals surface area contributed by atoms with Crippen molar-refractivity contribution in [2.24, 2.45) is 5.92 Å². The molecule has 4 heterocycles. The summed E-state index contributed by atoms with van der Waals surface area (Å²) in [6, 6.07) is 29.1. The van der Waals surface area contributed by atoms with Crippen molar-refractivity contribution in [3.63, 3.8) is 0 Å². The van der Waals surface area contributed by atoms with Gasteiger partial charge >= 0.3 is 6.09 Å². The summed E-state index contributed by atoms with van der Waals surface area (Å²) >= 11 is 0. The van der Waals surface area contributed by atoms with E-state index in [0.717, 1.165) is 54.7 Å². The van der Waals surface area contributed by atoms with E-state index in [-0.39, 0.29) is 41.9 Å². The normalized spacial score (nSPS) is 18.3. The number of aromatic nitrogens is 1. The molecule has 3 aliphatic rings. The van der Waals surface area contributed by atoms with Gasteiger partial charge in [0.1, 0.15) is 18.1 Å². The number of rotatable bonds is 14. The van der Waals surface area contributed by atoms with E-state index in [4.69, 9.17) is 4.74 Å². The van der Waals surface area contributed by atoms with Gasteiger partial charge in [0.15, 0.2) is 0 Å². The number of nitrogens with zero attached hydrogens (tertiary/aromatic N) is 2. The van der Waals surface area contributed by atoms with Crippen molar-refractivity contribution >= 4 is 22.9 Å². The summed E-state index contributed by atoms with van der Waals surface area (Å²) in [5, 5.41) is 37.5. The summed E-state index contributed by atoms with van der Waals surface area (Å²) < 4.78 is 6.05. The first kappa shape index (κ1) is 36.7. The number of amides is 2. The predicted molar refractivity (Wildman–Crippen MR) is 206 cm³/mol. The van der Waals surface area contributed by atoms with Gasteiger partial charge in [-0.3, -0.25) is 14.5 Å². The molecule has 4 aromatic carbocycles. The minimum atomic E-state index is -0.893. The van der Waals surface area contributed by atoms with Crippen LogP contribution in [0.5, 0.6) is 11.5 Å². The number of aliphatic hydroxyl groups excluding tert-OH is 1. The van der Waals surface area contributed by atoms with E-state index in [1.54, 1.807) is 29.2 Å². The van der Waals surface area contributed by atoms with Crippen LogP contribution in [0.1, 0.15) is 46.0 Å². The Morgan fingerprint density at radius 2 is 1.69 bits per heavy atom. The Morgan fingerprint density at radius 3 is 2.44 bits per heavy atom. The van der Waals surface area contributed by atoms with Crippen molar-refractivity contribution in [1.29, 1.82) is 0 Å². The number of pyridine rings is 1. The van der Waals surface area contributed by atoms with Crippen LogP contribution in [0.25, 0.3) is 22.0 Å². The van der Waals surface area contributed by atoms with Gasteiger partial charge in [-0.05, 0) is 102 Å². The van der Waals surface area contributed by atoms with E-state index < -0.39 is 12.2 Å². The Labute approximate surface area is 313 Å². The highest BCUT2D eigenvalue weighted by molar-refractivity contribution is 5.94. The van der Waals surface area contributed by atoms with Crippen LogP contribution in [-0.2, 0) is 13.2 Å². The molecule has 0 saturated carbocycles. The van der Waals surface area contributed by atoms with Crippen molar-refractivity contribution in [3.05, 3.63) is 130 Å². The molecule has 2 amide bonds. The molecule has 1 aromatic heterocycles. The van der Waals surface area contributed by atoms with Gasteiger partial charge in [-0.25, -0.2) is 4.79 Å². The van der Waals surface area contributed by atoms with Crippen LogP contribution < -0.4 is 20.9 Å². The third-order valence-corrected chi connectivity index (χ3v) is 10.5. The second-order valence-electron chi connectivity index (χ2n) is 14.1. The van der Waals surface area contributed by atoms with Crippen molar-refractivity contribution < 1.29 is 29.6 Å². The molecule has 3 aliphatic heterocycles. The maximum absolute atomic E-state index is 12.9. The quantitative estimate of drug-likeness (QED) is 0.0852. The van der Waals surface area contributed by atoms with Crippen molar-refractivity contribution in [3.8, 4) is 22.6 Å². The third kappa shape index (κ3) is 8.57. The molecule has 2 bridgehead atoms. The Bertz CT molecular complexity index is 2160. The Morgan fingerprint density at radius 1 is 0.907 bits per heavy atom. The lowest BCUT2D eigenvalue weighted by molar-refractivity contribution is 0.00733. The molecule has 0 spiro atoms. The number of H-pyrrole nitrogens is 1. The van der Waals surface area contributed by atoms with E-state index in [9.17, 15) is 29.7 Å². The lowest BCUT2D eigenvalue weighted by atomic mass is 9.83. The largest absolute Gasteiger partial charge is 0.506 e. The van der Waals surface area contributed by atoms with Gasteiger partial charge in [-0.1, -0.05) is 48.5 Å². The van der Waals surface area contributed by atoms with Gasteiger partial charge in [-0.15, -0.1) is 0 Å². The average molecular weight is 732 g/mol. The number of piperidine rings is 3. The average Bonchev–Trinajstić information content (AvgIpc) is 3.20.